The standard InChI is InChI=1S/C12H27IN/c1-3-5-7-9-11-14(13)12-10-8-6-4-2/h13H,3-12H2,1-2H3/q+1. The van der Waals surface area contributed by atoms with Crippen molar-refractivity contribution < 1.29 is 22.9 Å². The maximum absolute atomic E-state index is 2.50. The molecule has 0 saturated heterocycles. The van der Waals surface area contributed by atoms with Crippen molar-refractivity contribution >= 4 is 0 Å². The van der Waals surface area contributed by atoms with E-state index < -0.39 is 0 Å². The minimum atomic E-state index is 1.30. The molecule has 0 unspecified atom stereocenters. The topological polar surface area (TPSA) is 3.24 Å². The molecule has 0 fully saturated rings. The minimum Gasteiger partial charge on any atom is -0.0995 e. The van der Waals surface area contributed by atoms with E-state index in [4.69, 9.17) is 0 Å². The van der Waals surface area contributed by atoms with Crippen LogP contribution in [0.2, 0.25) is 0 Å². The second-order valence-corrected chi connectivity index (χ2v) is 5.52. The molecule has 0 saturated carbocycles. The Morgan fingerprint density at radius 2 is 1.14 bits per heavy atom. The van der Waals surface area contributed by atoms with Crippen molar-refractivity contribution in [3.05, 3.63) is 0 Å². The zero-order valence-electron chi connectivity index (χ0n) is 9.93. The molecule has 0 atom stereocenters. The van der Waals surface area contributed by atoms with E-state index in [9.17, 15) is 0 Å². The first kappa shape index (κ1) is 14.7. The zero-order valence-corrected chi connectivity index (χ0v) is 12.3. The average molecular weight is 312 g/mol. The van der Waals surface area contributed by atoms with Crippen LogP contribution in [0.1, 0.15) is 65.2 Å². The summed E-state index contributed by atoms with van der Waals surface area (Å²) in [6.07, 6.45) is 11.1. The molecule has 0 aliphatic carbocycles. The van der Waals surface area contributed by atoms with Crippen molar-refractivity contribution in [3.8, 4) is 0 Å². The summed E-state index contributed by atoms with van der Waals surface area (Å²) in [7, 11) is 0. The molecule has 0 bridgehead atoms. The number of nitrogens with zero attached hydrogens (tertiary/aromatic N) is 1. The molecule has 0 aliphatic heterocycles. The van der Waals surface area contributed by atoms with Gasteiger partial charge in [-0.05, 0) is 12.8 Å². The lowest BCUT2D eigenvalue weighted by atomic mass is 10.2. The molecule has 0 aromatic carbocycles. The molecule has 2 heteroatoms. The van der Waals surface area contributed by atoms with Gasteiger partial charge in [0.15, 0.2) is 0 Å². The summed E-state index contributed by atoms with van der Waals surface area (Å²) in [6, 6.07) is 0. The number of unbranched alkanes of at least 4 members (excludes halogenated alkanes) is 6. The number of rotatable bonds is 10. The third kappa shape index (κ3) is 10.8. The van der Waals surface area contributed by atoms with E-state index in [1.807, 2.05) is 0 Å². The first-order valence-electron chi connectivity index (χ1n) is 6.23. The van der Waals surface area contributed by atoms with Crippen LogP contribution < -0.4 is 22.9 Å². The number of hydrogen-bond donors (Lipinski definition) is 0. The van der Waals surface area contributed by atoms with E-state index in [0.29, 0.717) is 0 Å². The smallest absolute Gasteiger partial charge is 0.0995 e. The fraction of sp³-hybridized carbons (Fsp3) is 1.00. The maximum atomic E-state index is 2.50. The van der Waals surface area contributed by atoms with E-state index >= 15 is 0 Å². The Balaban J connectivity index is 3.07. The molecule has 14 heavy (non-hydrogen) atoms. The molecule has 0 aromatic heterocycles. The molecule has 0 aliphatic rings. The Labute approximate surface area is 104 Å². The first-order valence-corrected chi connectivity index (χ1v) is 7.27. The largest absolute Gasteiger partial charge is 0.370 e. The molecule has 86 valence electrons. The normalized spacial score (nSPS) is 11.1. The van der Waals surface area contributed by atoms with Gasteiger partial charge >= 0.3 is 22.9 Å². The van der Waals surface area contributed by atoms with Crippen LogP contribution in [0, 0.1) is 0 Å². The average Bonchev–Trinajstić information content (AvgIpc) is 2.19. The van der Waals surface area contributed by atoms with E-state index in [1.165, 1.54) is 64.5 Å². The van der Waals surface area contributed by atoms with Gasteiger partial charge in [0.05, 0.1) is 0 Å². The van der Waals surface area contributed by atoms with Gasteiger partial charge in [0.1, 0.15) is 0 Å². The van der Waals surface area contributed by atoms with E-state index in [-0.39, 0.29) is 0 Å². The van der Waals surface area contributed by atoms with Crippen molar-refractivity contribution in [2.45, 2.75) is 65.2 Å². The van der Waals surface area contributed by atoms with Crippen molar-refractivity contribution in [1.29, 1.82) is 0 Å². The zero-order chi connectivity index (χ0) is 10.6. The summed E-state index contributed by atoms with van der Waals surface area (Å²) < 4.78 is 2.50. The van der Waals surface area contributed by atoms with Crippen LogP contribution in [-0.4, -0.2) is 16.2 Å². The Kier molecular flexibility index (Phi) is 12.3. The van der Waals surface area contributed by atoms with E-state index in [0.717, 1.165) is 0 Å². The van der Waals surface area contributed by atoms with Gasteiger partial charge in [-0.1, -0.05) is 55.5 Å². The molecule has 0 heterocycles. The summed E-state index contributed by atoms with van der Waals surface area (Å²) in [5.41, 5.74) is 0. The van der Waals surface area contributed by atoms with Crippen LogP contribution in [0.5, 0.6) is 0 Å². The van der Waals surface area contributed by atoms with Crippen LogP contribution in [-0.2, 0) is 0 Å². The number of hydrogen-bond acceptors (Lipinski definition) is 1. The van der Waals surface area contributed by atoms with Crippen molar-refractivity contribution in [1.82, 2.24) is 3.11 Å². The van der Waals surface area contributed by atoms with Crippen LogP contribution >= 0.6 is 0 Å². The van der Waals surface area contributed by atoms with Gasteiger partial charge in [-0.25, -0.2) is 0 Å². The summed E-state index contributed by atoms with van der Waals surface area (Å²) in [5, 5.41) is 0. The molecule has 0 radical (unpaired) electrons. The van der Waals surface area contributed by atoms with Gasteiger partial charge in [0.25, 0.3) is 0 Å². The van der Waals surface area contributed by atoms with Gasteiger partial charge in [0, 0.05) is 13.1 Å². The van der Waals surface area contributed by atoms with Crippen LogP contribution in [0.4, 0.5) is 0 Å². The molecule has 0 spiro atoms. The summed E-state index contributed by atoms with van der Waals surface area (Å²) in [4.78, 5) is 0. The molecule has 0 amide bonds. The lowest BCUT2D eigenvalue weighted by molar-refractivity contribution is -0.575. The molecule has 0 rings (SSSR count). The summed E-state index contributed by atoms with van der Waals surface area (Å²) >= 11 is 2.19. The van der Waals surface area contributed by atoms with Crippen LogP contribution in [0.25, 0.3) is 0 Å². The Morgan fingerprint density at radius 3 is 1.50 bits per heavy atom. The summed E-state index contributed by atoms with van der Waals surface area (Å²) in [5.74, 6) is 0. The van der Waals surface area contributed by atoms with Crippen molar-refractivity contribution in [3.63, 3.8) is 0 Å². The Hall–Kier alpha value is 0.690. The highest BCUT2D eigenvalue weighted by Gasteiger charge is 2.06. The Bertz CT molecular complexity index is 94.5. The third-order valence-electron chi connectivity index (χ3n) is 2.52. The first-order chi connectivity index (χ1) is 6.81. The predicted molar refractivity (Wildman–Crippen MR) is 61.3 cm³/mol. The maximum Gasteiger partial charge on any atom is 0.370 e. The van der Waals surface area contributed by atoms with Gasteiger partial charge in [-0.15, -0.1) is 0 Å². The Morgan fingerprint density at radius 1 is 0.714 bits per heavy atom. The number of halogens is 1. The van der Waals surface area contributed by atoms with E-state index in [1.54, 1.807) is 0 Å². The highest BCUT2D eigenvalue weighted by molar-refractivity contribution is 4.48. The van der Waals surface area contributed by atoms with Crippen LogP contribution in [0.3, 0.4) is 0 Å². The van der Waals surface area contributed by atoms with Gasteiger partial charge in [0.2, 0.25) is 0 Å². The summed E-state index contributed by atoms with van der Waals surface area (Å²) in [6.45, 7) is 7.15. The van der Waals surface area contributed by atoms with E-state index in [2.05, 4.69) is 39.8 Å². The minimum absolute atomic E-state index is 1.30. The van der Waals surface area contributed by atoms with Crippen molar-refractivity contribution in [2.24, 2.45) is 0 Å². The lowest BCUT2D eigenvalue weighted by Crippen LogP contribution is -3.41. The van der Waals surface area contributed by atoms with Crippen molar-refractivity contribution in [2.75, 3.05) is 13.1 Å². The monoisotopic (exact) mass is 312 g/mol. The fourth-order valence-corrected chi connectivity index (χ4v) is 2.28. The second kappa shape index (κ2) is 11.8. The molecule has 0 aromatic rings. The molecule has 0 N–H and O–H groups in total. The molecular formula is C12H27IN+. The third-order valence-corrected chi connectivity index (χ3v) is 3.56. The van der Waals surface area contributed by atoms with Crippen LogP contribution in [0.15, 0.2) is 0 Å². The predicted octanol–water partition coefficient (Wildman–Crippen LogP) is 0.650. The second-order valence-electron chi connectivity index (χ2n) is 4.05. The quantitative estimate of drug-likeness (QED) is 0.325. The molecular weight excluding hydrogens is 285 g/mol. The fourth-order valence-electron chi connectivity index (χ4n) is 1.54. The lowest BCUT2D eigenvalue weighted by Gasteiger charge is -2.06. The molecule has 1 nitrogen and oxygen atoms in total. The van der Waals surface area contributed by atoms with Gasteiger partial charge in [-0.2, -0.15) is 0 Å². The highest BCUT2D eigenvalue weighted by Crippen LogP contribution is 2.01. The van der Waals surface area contributed by atoms with Gasteiger partial charge in [-0.3, -0.25) is 0 Å². The SMILES string of the molecule is CCCCCCN([IH+])CCCCCC. The highest BCUT2D eigenvalue weighted by atomic mass is 127. The van der Waals surface area contributed by atoms with Gasteiger partial charge < -0.3 is 0 Å².